The summed E-state index contributed by atoms with van der Waals surface area (Å²) >= 11 is 0. The predicted molar refractivity (Wildman–Crippen MR) is 229 cm³/mol. The number of aryl methyl sites for hydroxylation is 1. The standard InChI is InChI=1S/C50H38F18N2/c51-43(52,45(55,56)47(59,60)49(63,64)65)26-28-69-37-22-8-19-33-16-6-15-32(41(33)37)14-4-12-31-13-5-17-35(40(31)30-10-2-1-3-11-30)24-25-38-36-21-7-18-34-20-9-23-39(42(34)36)70(38)29-27-44(53,54)46(57,58)48(61,62)50(66,67)68/h1-4,6-12,15-16,18-25,69H,5,13-14,17,26-29H2/p+1/b12-4+,35-24+,38-25+. The highest BCUT2D eigenvalue weighted by atomic mass is 19.4. The zero-order valence-corrected chi connectivity index (χ0v) is 36.1. The Morgan fingerprint density at radius 1 is 0.529 bits per heavy atom. The third-order valence-electron chi connectivity index (χ3n) is 12.4. The van der Waals surface area contributed by atoms with E-state index in [0.717, 1.165) is 22.0 Å². The molecule has 0 fully saturated rings. The first-order valence-corrected chi connectivity index (χ1v) is 21.5. The van der Waals surface area contributed by atoms with Gasteiger partial charge in [0.15, 0.2) is 0 Å². The quantitative estimate of drug-likeness (QED) is 0.0737. The minimum absolute atomic E-state index is 0.177. The molecule has 374 valence electrons. The maximum Gasteiger partial charge on any atom is 0.460 e. The number of nitrogens with zero attached hydrogens (tertiary/aromatic N) is 1. The van der Waals surface area contributed by atoms with Crippen LogP contribution in [-0.4, -0.2) is 59.0 Å². The number of quaternary nitrogens is 1. The molecule has 7 rings (SSSR count). The van der Waals surface area contributed by atoms with E-state index < -0.39 is 73.8 Å². The van der Waals surface area contributed by atoms with E-state index >= 15 is 0 Å². The second-order valence-corrected chi connectivity index (χ2v) is 16.9. The Morgan fingerprint density at radius 2 is 1.09 bits per heavy atom. The van der Waals surface area contributed by atoms with Crippen LogP contribution in [0.1, 0.15) is 43.2 Å². The van der Waals surface area contributed by atoms with E-state index in [1.54, 1.807) is 78.9 Å². The molecule has 0 saturated carbocycles. The highest BCUT2D eigenvalue weighted by molar-refractivity contribution is 6.10. The van der Waals surface area contributed by atoms with E-state index in [0.29, 0.717) is 57.3 Å². The van der Waals surface area contributed by atoms with Crippen LogP contribution < -0.4 is 10.7 Å². The van der Waals surface area contributed by atoms with Crippen LogP contribution in [0, 0.1) is 0 Å². The fourth-order valence-electron chi connectivity index (χ4n) is 8.78. The van der Waals surface area contributed by atoms with Crippen LogP contribution in [0.3, 0.4) is 0 Å². The molecule has 1 aliphatic carbocycles. The second kappa shape index (κ2) is 18.7. The lowest BCUT2D eigenvalue weighted by atomic mass is 9.82. The lowest BCUT2D eigenvalue weighted by molar-refractivity contribution is -0.575. The van der Waals surface area contributed by atoms with Gasteiger partial charge in [-0.2, -0.15) is 79.0 Å². The van der Waals surface area contributed by atoms with E-state index in [-0.39, 0.29) is 23.0 Å². The van der Waals surface area contributed by atoms with Crippen molar-refractivity contribution in [2.75, 3.05) is 6.54 Å². The molecule has 0 saturated heterocycles. The summed E-state index contributed by atoms with van der Waals surface area (Å²) in [6, 6.07) is 28.2. The van der Waals surface area contributed by atoms with Gasteiger partial charge in [0.25, 0.3) is 0 Å². The first-order chi connectivity index (χ1) is 32.6. The maximum absolute atomic E-state index is 15.0. The van der Waals surface area contributed by atoms with Gasteiger partial charge in [-0.05, 0) is 82.5 Å². The predicted octanol–water partition coefficient (Wildman–Crippen LogP) is 14.7. The van der Waals surface area contributed by atoms with Gasteiger partial charge in [0.2, 0.25) is 0 Å². The summed E-state index contributed by atoms with van der Waals surface area (Å²) in [6.07, 6.45) is -9.46. The lowest BCUT2D eigenvalue weighted by Crippen LogP contribution is -2.79. The zero-order valence-electron chi connectivity index (χ0n) is 36.1. The Hall–Kier alpha value is -5.92. The molecule has 0 unspecified atom stereocenters. The minimum Gasteiger partial charge on any atom is -0.340 e. The molecule has 2 nitrogen and oxygen atoms in total. The molecular formula is C50H39F18N2+. The van der Waals surface area contributed by atoms with Crippen molar-refractivity contribution < 1.29 is 84.3 Å². The molecule has 0 aliphatic heterocycles. The van der Waals surface area contributed by atoms with Crippen LogP contribution in [0.4, 0.5) is 84.7 Å². The van der Waals surface area contributed by atoms with Crippen LogP contribution >= 0.6 is 0 Å². The number of allylic oxidation sites excluding steroid dienone is 6. The average Bonchev–Trinajstić information content (AvgIpc) is 3.60. The molecule has 2 N–H and O–H groups in total. The Morgan fingerprint density at radius 3 is 1.70 bits per heavy atom. The summed E-state index contributed by atoms with van der Waals surface area (Å²) in [4.78, 5) is 0. The molecule has 0 atom stereocenters. The summed E-state index contributed by atoms with van der Waals surface area (Å²) in [6.45, 7) is -2.09. The molecule has 0 amide bonds. The van der Waals surface area contributed by atoms with E-state index in [1.807, 2.05) is 18.2 Å². The molecule has 1 aromatic heterocycles. The van der Waals surface area contributed by atoms with E-state index in [2.05, 4.69) is 0 Å². The molecule has 0 bridgehead atoms. The number of hydrogen-bond donors (Lipinski definition) is 1. The molecule has 6 aromatic rings. The molecule has 0 radical (unpaired) electrons. The van der Waals surface area contributed by atoms with Gasteiger partial charge >= 0.3 is 47.9 Å². The summed E-state index contributed by atoms with van der Waals surface area (Å²) in [5, 5.41) is 3.80. The van der Waals surface area contributed by atoms with Crippen molar-refractivity contribution in [2.24, 2.45) is 0 Å². The van der Waals surface area contributed by atoms with Gasteiger partial charge in [0, 0.05) is 40.0 Å². The van der Waals surface area contributed by atoms with Crippen molar-refractivity contribution in [1.82, 2.24) is 4.57 Å². The number of hydrogen-bond acceptors (Lipinski definition) is 0. The van der Waals surface area contributed by atoms with Crippen LogP contribution in [0.2, 0.25) is 0 Å². The Bertz CT molecular complexity index is 3000. The van der Waals surface area contributed by atoms with Crippen molar-refractivity contribution in [3.05, 3.63) is 149 Å². The maximum atomic E-state index is 15.0. The molecule has 70 heavy (non-hydrogen) atoms. The molecule has 5 aromatic carbocycles. The largest absolute Gasteiger partial charge is 0.460 e. The van der Waals surface area contributed by atoms with Gasteiger partial charge in [-0.3, -0.25) is 0 Å². The number of fused-ring (bicyclic) bond motifs is 1. The highest BCUT2D eigenvalue weighted by Crippen LogP contribution is 2.55. The molecule has 1 heterocycles. The molecule has 0 spiro atoms. The highest BCUT2D eigenvalue weighted by Gasteiger charge is 2.82. The van der Waals surface area contributed by atoms with Crippen LogP contribution in [0.25, 0.3) is 44.1 Å². The van der Waals surface area contributed by atoms with Crippen molar-refractivity contribution in [3.8, 4) is 0 Å². The monoisotopic (exact) mass is 1010 g/mol. The number of alkyl halides is 18. The third-order valence-corrected chi connectivity index (χ3v) is 12.4. The topological polar surface area (TPSA) is 21.5 Å². The molecule has 1 aliphatic rings. The van der Waals surface area contributed by atoms with E-state index in [4.69, 9.17) is 0 Å². The second-order valence-electron chi connectivity index (χ2n) is 16.9. The molecular weight excluding hydrogens is 971 g/mol. The van der Waals surface area contributed by atoms with Gasteiger partial charge in [0.05, 0.1) is 13.0 Å². The first kappa shape index (κ1) is 51.9. The van der Waals surface area contributed by atoms with Gasteiger partial charge in [-0.15, -0.1) is 0 Å². The van der Waals surface area contributed by atoms with Crippen molar-refractivity contribution in [1.29, 1.82) is 0 Å². The van der Waals surface area contributed by atoms with Crippen molar-refractivity contribution in [2.45, 2.75) is 93.0 Å². The number of aromatic nitrogens is 1. The van der Waals surface area contributed by atoms with Crippen LogP contribution in [-0.2, 0) is 13.0 Å². The SMILES string of the molecule is FC(F)(F)C(F)(F)C(F)(F)C(F)(F)CC[NH2+]c1cccc2cccc(C/C=C/C3=C(c4ccccc4)C(=C/C=c4\c5cccc6cccc(c65)n4CCC(F)(F)C(F)(F)C(F)(F)C(F)(F)F)/CCC3)c12. The summed E-state index contributed by atoms with van der Waals surface area (Å²) in [5.41, 5.74) is 4.04. The van der Waals surface area contributed by atoms with Gasteiger partial charge < -0.3 is 9.88 Å². The zero-order chi connectivity index (χ0) is 51.3. The first-order valence-electron chi connectivity index (χ1n) is 21.5. The fraction of sp³-hybridized carbons (Fsp3) is 0.320. The Labute approximate surface area is 386 Å². The third kappa shape index (κ3) is 9.27. The number of benzene rings is 5. The number of nitrogens with two attached hydrogens (primary N) is 1. The summed E-state index contributed by atoms with van der Waals surface area (Å²) in [5.74, 6) is -39.1. The minimum atomic E-state index is -7.04. The Balaban J connectivity index is 1.23. The normalized spacial score (nSPS) is 16.3. The van der Waals surface area contributed by atoms with E-state index in [9.17, 15) is 79.0 Å². The van der Waals surface area contributed by atoms with Crippen molar-refractivity contribution >= 4 is 49.8 Å². The summed E-state index contributed by atoms with van der Waals surface area (Å²) in [7, 11) is 0. The smallest absolute Gasteiger partial charge is 0.340 e. The fourth-order valence-corrected chi connectivity index (χ4v) is 8.78. The van der Waals surface area contributed by atoms with Crippen molar-refractivity contribution in [3.63, 3.8) is 0 Å². The lowest BCUT2D eigenvalue weighted by Gasteiger charge is -2.33. The van der Waals surface area contributed by atoms with Crippen LogP contribution in [0.5, 0.6) is 0 Å². The van der Waals surface area contributed by atoms with Crippen LogP contribution in [0.15, 0.2) is 133 Å². The number of halogens is 18. The average molecular weight is 1010 g/mol. The Kier molecular flexibility index (Phi) is 13.9. The van der Waals surface area contributed by atoms with Gasteiger partial charge in [0.1, 0.15) is 5.69 Å². The molecule has 20 heteroatoms. The van der Waals surface area contributed by atoms with Gasteiger partial charge in [-0.1, -0.05) is 109 Å². The van der Waals surface area contributed by atoms with E-state index in [1.165, 1.54) is 34.9 Å². The summed E-state index contributed by atoms with van der Waals surface area (Å²) < 4.78 is 248. The van der Waals surface area contributed by atoms with Gasteiger partial charge in [-0.25, -0.2) is 0 Å². The number of rotatable bonds is 16.